The van der Waals surface area contributed by atoms with Gasteiger partial charge in [0.05, 0.1) is 0 Å². The van der Waals surface area contributed by atoms with Crippen molar-refractivity contribution in [2.45, 2.75) is 0 Å². The highest BCUT2D eigenvalue weighted by atomic mass is 32.1. The Kier molecular flexibility index (Phi) is 8.08. The highest BCUT2D eigenvalue weighted by Crippen LogP contribution is 2.53. The second-order valence-electron chi connectivity index (χ2n) is 17.7. The van der Waals surface area contributed by atoms with Gasteiger partial charge in [-0.15, -0.1) is 34.0 Å². The molecule has 12 aromatic carbocycles. The Morgan fingerprint density at radius 2 is 0.373 bits per heavy atom. The third-order valence-electron chi connectivity index (χ3n) is 14.3. The highest BCUT2D eigenvalue weighted by molar-refractivity contribution is 7.27. The van der Waals surface area contributed by atoms with Crippen LogP contribution < -0.4 is 0 Å². The molecule has 0 unspecified atom stereocenters. The molecule has 67 heavy (non-hydrogen) atoms. The first-order valence-corrected chi connectivity index (χ1v) is 25.4. The van der Waals surface area contributed by atoms with E-state index in [4.69, 9.17) is 0 Å². The molecule has 0 atom stereocenters. The number of hydrogen-bond donors (Lipinski definition) is 0. The number of fused-ring (bicyclic) bond motifs is 13. The quantitative estimate of drug-likeness (QED) is 0.154. The van der Waals surface area contributed by atoms with E-state index in [0.29, 0.717) is 0 Å². The zero-order valence-electron chi connectivity index (χ0n) is 36.0. The van der Waals surface area contributed by atoms with Gasteiger partial charge >= 0.3 is 0 Å². The van der Waals surface area contributed by atoms with Crippen LogP contribution in [-0.4, -0.2) is 0 Å². The molecule has 0 spiro atoms. The predicted molar refractivity (Wildman–Crippen MR) is 297 cm³/mol. The minimum Gasteiger partial charge on any atom is -0.135 e. The zero-order chi connectivity index (χ0) is 43.7. The lowest BCUT2D eigenvalue weighted by Crippen LogP contribution is -1.91. The van der Waals surface area contributed by atoms with E-state index >= 15 is 0 Å². The summed E-state index contributed by atoms with van der Waals surface area (Å²) in [5.41, 5.74) is 10.4. The van der Waals surface area contributed by atoms with E-state index in [1.807, 2.05) is 34.0 Å². The van der Waals surface area contributed by atoms with Crippen LogP contribution in [0.15, 0.2) is 218 Å². The second kappa shape index (κ2) is 14.4. The molecule has 0 aliphatic rings. The summed E-state index contributed by atoms with van der Waals surface area (Å²) in [6, 6.07) is 81.9. The topological polar surface area (TPSA) is 0 Å². The summed E-state index contributed by atoms with van der Waals surface area (Å²) >= 11 is 5.77. The summed E-state index contributed by atoms with van der Waals surface area (Å²) in [5, 5.41) is 18.1. The molecule has 0 bridgehead atoms. The fourth-order valence-corrected chi connectivity index (χ4v) is 15.3. The van der Waals surface area contributed by atoms with Crippen molar-refractivity contribution in [1.29, 1.82) is 0 Å². The van der Waals surface area contributed by atoms with Crippen LogP contribution in [0.4, 0.5) is 0 Å². The van der Waals surface area contributed by atoms with Crippen molar-refractivity contribution < 1.29 is 0 Å². The van der Waals surface area contributed by atoms with Gasteiger partial charge in [0.25, 0.3) is 0 Å². The van der Waals surface area contributed by atoms with Crippen molar-refractivity contribution in [3.8, 4) is 44.5 Å². The number of rotatable bonds is 4. The SMILES string of the molecule is c1ccc2c(c1)sc1c(-c3c4ccccc4c(-c4cccc5c4sc4c(-c6c7ccccc7c(-c7cccc8c7sc7ccccc78)c7ccccc67)cccc45)c4ccccc34)cccc12. The molecule has 3 heterocycles. The lowest BCUT2D eigenvalue weighted by Gasteiger charge is -2.18. The minimum atomic E-state index is 1.28. The van der Waals surface area contributed by atoms with Gasteiger partial charge in [0.1, 0.15) is 0 Å². The van der Waals surface area contributed by atoms with E-state index in [-0.39, 0.29) is 0 Å². The smallest absolute Gasteiger partial charge is 0.0434 e. The molecule has 3 aromatic heterocycles. The maximum Gasteiger partial charge on any atom is 0.0434 e. The summed E-state index contributed by atoms with van der Waals surface area (Å²) in [6.45, 7) is 0. The molecule has 310 valence electrons. The molecule has 0 amide bonds. The average Bonchev–Trinajstić information content (AvgIpc) is 4.09. The standard InChI is InChI=1S/C64H36S3/c1-5-23-43-39(19-1)57(51-31-13-27-47-37-17-9-11-35-55(37)65-61(47)51)40-20-2-6-24-44(40)59(43)53-33-15-29-49-50-30-16-34-54(64(50)67-63(49)53)60-45-25-7-3-21-41(45)58(42-22-4-8-26-46(42)60)52-32-14-28-48-38-18-10-12-36-56(38)66-62(48)52/h1-36H. The number of thiophene rings is 3. The van der Waals surface area contributed by atoms with Crippen molar-refractivity contribution in [2.75, 3.05) is 0 Å². The molecular formula is C64H36S3. The first kappa shape index (κ1) is 37.5. The van der Waals surface area contributed by atoms with Gasteiger partial charge < -0.3 is 0 Å². The van der Waals surface area contributed by atoms with E-state index in [0.717, 1.165) is 0 Å². The van der Waals surface area contributed by atoms with E-state index in [2.05, 4.69) is 218 Å². The van der Waals surface area contributed by atoms with Gasteiger partial charge in [0.15, 0.2) is 0 Å². The lowest BCUT2D eigenvalue weighted by molar-refractivity contribution is 1.71. The Morgan fingerprint density at radius 3 is 0.657 bits per heavy atom. The summed E-state index contributed by atoms with van der Waals surface area (Å²) in [5.74, 6) is 0. The summed E-state index contributed by atoms with van der Waals surface area (Å²) in [4.78, 5) is 0. The minimum absolute atomic E-state index is 1.28. The van der Waals surface area contributed by atoms with Crippen LogP contribution in [0.5, 0.6) is 0 Å². The van der Waals surface area contributed by atoms with Crippen molar-refractivity contribution in [3.05, 3.63) is 218 Å². The van der Waals surface area contributed by atoms with Crippen LogP contribution in [-0.2, 0) is 0 Å². The van der Waals surface area contributed by atoms with Gasteiger partial charge in [-0.2, -0.15) is 0 Å². The maximum atomic E-state index is 2.37. The van der Waals surface area contributed by atoms with Crippen LogP contribution in [0.1, 0.15) is 0 Å². The molecule has 15 rings (SSSR count). The average molecular weight is 901 g/mol. The van der Waals surface area contributed by atoms with Crippen LogP contribution in [0.3, 0.4) is 0 Å². The van der Waals surface area contributed by atoms with E-state index in [9.17, 15) is 0 Å². The highest BCUT2D eigenvalue weighted by Gasteiger charge is 2.24. The van der Waals surface area contributed by atoms with Gasteiger partial charge in [0, 0.05) is 82.8 Å². The summed E-state index contributed by atoms with van der Waals surface area (Å²) in [7, 11) is 0. The third-order valence-corrected chi connectivity index (χ3v) is 18.0. The Hall–Kier alpha value is -7.66. The molecule has 15 aromatic rings. The fourth-order valence-electron chi connectivity index (χ4n) is 11.5. The molecule has 0 fully saturated rings. The molecule has 0 N–H and O–H groups in total. The molecule has 0 saturated carbocycles. The molecule has 0 aliphatic heterocycles. The van der Waals surface area contributed by atoms with Crippen molar-refractivity contribution in [1.82, 2.24) is 0 Å². The molecule has 0 radical (unpaired) electrons. The Morgan fingerprint density at radius 1 is 0.164 bits per heavy atom. The maximum absolute atomic E-state index is 2.37. The summed E-state index contributed by atoms with van der Waals surface area (Å²) < 4.78 is 7.98. The van der Waals surface area contributed by atoms with Crippen molar-refractivity contribution in [3.63, 3.8) is 0 Å². The van der Waals surface area contributed by atoms with Crippen LogP contribution in [0, 0.1) is 0 Å². The van der Waals surface area contributed by atoms with Gasteiger partial charge in [-0.3, -0.25) is 0 Å². The Bertz CT molecular complexity index is 4170. The third kappa shape index (κ3) is 5.33. The first-order chi connectivity index (χ1) is 33.3. The van der Waals surface area contributed by atoms with Gasteiger partial charge in [-0.05, 0) is 77.5 Å². The van der Waals surface area contributed by atoms with E-state index < -0.39 is 0 Å². The number of hydrogen-bond acceptors (Lipinski definition) is 3. The van der Waals surface area contributed by atoms with Gasteiger partial charge in [-0.25, -0.2) is 0 Å². The molecule has 0 aliphatic carbocycles. The van der Waals surface area contributed by atoms with Gasteiger partial charge in [-0.1, -0.05) is 206 Å². The van der Waals surface area contributed by atoms with Crippen LogP contribution in [0.25, 0.3) is 148 Å². The van der Waals surface area contributed by atoms with Gasteiger partial charge in [0.2, 0.25) is 0 Å². The predicted octanol–water partition coefficient (Wildman–Crippen LogP) is 20.1. The first-order valence-electron chi connectivity index (χ1n) is 22.9. The molecule has 0 nitrogen and oxygen atoms in total. The Balaban J connectivity index is 0.997. The van der Waals surface area contributed by atoms with E-state index in [1.165, 1.54) is 148 Å². The molecule has 3 heteroatoms. The molecular weight excluding hydrogens is 865 g/mol. The Labute approximate surface area is 397 Å². The molecule has 0 saturated heterocycles. The van der Waals surface area contributed by atoms with Crippen LogP contribution in [0.2, 0.25) is 0 Å². The van der Waals surface area contributed by atoms with Crippen LogP contribution >= 0.6 is 34.0 Å². The largest absolute Gasteiger partial charge is 0.135 e. The lowest BCUT2D eigenvalue weighted by atomic mass is 9.85. The van der Waals surface area contributed by atoms with E-state index in [1.54, 1.807) is 0 Å². The second-order valence-corrected chi connectivity index (χ2v) is 20.8. The zero-order valence-corrected chi connectivity index (χ0v) is 38.5. The van der Waals surface area contributed by atoms with Crippen molar-refractivity contribution in [2.24, 2.45) is 0 Å². The normalized spacial score (nSPS) is 12.2. The monoisotopic (exact) mass is 900 g/mol. The van der Waals surface area contributed by atoms with Crippen molar-refractivity contribution >= 4 is 138 Å². The number of benzene rings is 12. The summed E-state index contributed by atoms with van der Waals surface area (Å²) in [6.07, 6.45) is 0. The fraction of sp³-hybridized carbons (Fsp3) is 0.